The van der Waals surface area contributed by atoms with Crippen LogP contribution in [0.1, 0.15) is 28.0 Å². The molecule has 0 spiro atoms. The number of carboxylic acid groups (broad SMARTS) is 1. The van der Waals surface area contributed by atoms with Crippen molar-refractivity contribution in [3.05, 3.63) is 71.5 Å². The fraction of sp³-hybridized carbons (Fsp3) is 0.136. The van der Waals surface area contributed by atoms with Gasteiger partial charge in [0.15, 0.2) is 0 Å². The normalized spacial score (nSPS) is 11.1. The maximum Gasteiger partial charge on any atom is 0.416 e. The van der Waals surface area contributed by atoms with E-state index in [1.807, 2.05) is 0 Å². The second-order valence-corrected chi connectivity index (χ2v) is 7.06. The van der Waals surface area contributed by atoms with Crippen molar-refractivity contribution in [3.63, 3.8) is 0 Å². The van der Waals surface area contributed by atoms with Crippen LogP contribution in [0.5, 0.6) is 0 Å². The standard InChI is InChI=1S/C22H19F3N4O4/c23-22(24,25)14-2-1-3-16(10-14)29-21(33)28-15-7-4-12(5-8-15)18-13(6-9-17(30)31)11-27-19(18)20(26)32/h1-5,7-8,10-11,27H,6,9H2,(H2,26,32)(H,30,31)(H2,28,29,33). The number of aliphatic carboxylic acids is 1. The molecule has 1 aromatic heterocycles. The number of urea groups is 1. The van der Waals surface area contributed by atoms with E-state index in [2.05, 4.69) is 15.6 Å². The summed E-state index contributed by atoms with van der Waals surface area (Å²) in [5.74, 6) is -1.71. The summed E-state index contributed by atoms with van der Waals surface area (Å²) >= 11 is 0. The minimum absolute atomic E-state index is 0.0274. The van der Waals surface area contributed by atoms with Gasteiger partial charge in [-0.15, -0.1) is 0 Å². The van der Waals surface area contributed by atoms with Gasteiger partial charge < -0.3 is 26.5 Å². The first-order valence-electron chi connectivity index (χ1n) is 9.62. The summed E-state index contributed by atoms with van der Waals surface area (Å²) in [6.45, 7) is 0. The van der Waals surface area contributed by atoms with E-state index in [1.54, 1.807) is 12.1 Å². The van der Waals surface area contributed by atoms with Gasteiger partial charge in [-0.1, -0.05) is 18.2 Å². The van der Waals surface area contributed by atoms with Gasteiger partial charge in [0.1, 0.15) is 5.69 Å². The molecule has 0 radical (unpaired) electrons. The van der Waals surface area contributed by atoms with Crippen LogP contribution in [0.4, 0.5) is 29.3 Å². The number of halogens is 3. The van der Waals surface area contributed by atoms with Gasteiger partial charge in [0.2, 0.25) is 0 Å². The maximum atomic E-state index is 12.8. The van der Waals surface area contributed by atoms with Crippen molar-refractivity contribution in [2.75, 3.05) is 10.6 Å². The first kappa shape index (κ1) is 23.4. The average Bonchev–Trinajstić information content (AvgIpc) is 3.16. The van der Waals surface area contributed by atoms with E-state index in [4.69, 9.17) is 10.8 Å². The number of aromatic amines is 1. The topological polar surface area (TPSA) is 137 Å². The minimum atomic E-state index is -4.53. The molecule has 0 aliphatic heterocycles. The fourth-order valence-electron chi connectivity index (χ4n) is 3.21. The molecule has 1 heterocycles. The quantitative estimate of drug-likeness (QED) is 0.355. The highest BCUT2D eigenvalue weighted by Gasteiger charge is 2.30. The summed E-state index contributed by atoms with van der Waals surface area (Å²) in [4.78, 5) is 37.6. The van der Waals surface area contributed by atoms with Gasteiger partial charge in [-0.05, 0) is 47.9 Å². The zero-order valence-electron chi connectivity index (χ0n) is 17.0. The molecule has 0 fully saturated rings. The lowest BCUT2D eigenvalue weighted by molar-refractivity contribution is -0.138. The van der Waals surface area contributed by atoms with Gasteiger partial charge in [-0.25, -0.2) is 4.79 Å². The minimum Gasteiger partial charge on any atom is -0.481 e. The number of alkyl halides is 3. The van der Waals surface area contributed by atoms with Crippen molar-refractivity contribution in [1.29, 1.82) is 0 Å². The highest BCUT2D eigenvalue weighted by atomic mass is 19.4. The largest absolute Gasteiger partial charge is 0.481 e. The van der Waals surface area contributed by atoms with Crippen LogP contribution >= 0.6 is 0 Å². The molecule has 0 saturated heterocycles. The first-order valence-corrected chi connectivity index (χ1v) is 9.62. The summed E-state index contributed by atoms with van der Waals surface area (Å²) in [6.07, 6.45) is -2.98. The number of amides is 3. The van der Waals surface area contributed by atoms with Crippen LogP contribution in [-0.4, -0.2) is 28.0 Å². The zero-order valence-corrected chi connectivity index (χ0v) is 17.0. The number of nitrogens with one attached hydrogen (secondary N) is 3. The number of carboxylic acids is 1. The van der Waals surface area contributed by atoms with Gasteiger partial charge in [-0.2, -0.15) is 13.2 Å². The van der Waals surface area contributed by atoms with Gasteiger partial charge in [-0.3, -0.25) is 9.59 Å². The number of carbonyl (C=O) groups excluding carboxylic acids is 2. The van der Waals surface area contributed by atoms with Crippen molar-refractivity contribution in [2.45, 2.75) is 19.0 Å². The molecule has 172 valence electrons. The molecular weight excluding hydrogens is 441 g/mol. The van der Waals surface area contributed by atoms with Gasteiger partial charge in [0.05, 0.1) is 5.56 Å². The predicted octanol–water partition coefficient (Wildman–Crippen LogP) is 4.46. The number of hydrogen-bond acceptors (Lipinski definition) is 3. The van der Waals surface area contributed by atoms with Crippen LogP contribution in [0.2, 0.25) is 0 Å². The molecule has 3 aromatic rings. The Hall–Kier alpha value is -4.28. The molecule has 0 atom stereocenters. The molecule has 6 N–H and O–H groups in total. The Labute approximate surface area is 185 Å². The number of rotatable bonds is 7. The molecule has 0 aliphatic rings. The summed E-state index contributed by atoms with van der Waals surface area (Å²) < 4.78 is 38.4. The lowest BCUT2D eigenvalue weighted by Crippen LogP contribution is -2.19. The second-order valence-electron chi connectivity index (χ2n) is 7.06. The Morgan fingerprint density at radius 3 is 2.27 bits per heavy atom. The summed E-state index contributed by atoms with van der Waals surface area (Å²) in [5.41, 5.74) is 6.57. The number of anilines is 2. The number of hydrogen-bond donors (Lipinski definition) is 5. The van der Waals surface area contributed by atoms with Gasteiger partial charge >= 0.3 is 18.2 Å². The summed E-state index contributed by atoms with van der Waals surface area (Å²) in [7, 11) is 0. The van der Waals surface area contributed by atoms with Crippen molar-refractivity contribution in [1.82, 2.24) is 4.98 Å². The highest BCUT2D eigenvalue weighted by Crippen LogP contribution is 2.31. The van der Waals surface area contributed by atoms with Crippen molar-refractivity contribution in [2.24, 2.45) is 5.73 Å². The molecule has 0 saturated carbocycles. The molecule has 0 aliphatic carbocycles. The third-order valence-electron chi connectivity index (χ3n) is 4.70. The molecule has 3 amide bonds. The third kappa shape index (κ3) is 5.91. The lowest BCUT2D eigenvalue weighted by atomic mass is 9.98. The van der Waals surface area contributed by atoms with E-state index >= 15 is 0 Å². The molecule has 33 heavy (non-hydrogen) atoms. The van der Waals surface area contributed by atoms with Crippen molar-refractivity contribution >= 4 is 29.3 Å². The summed E-state index contributed by atoms with van der Waals surface area (Å²) in [6, 6.07) is 9.73. The van der Waals surface area contributed by atoms with E-state index in [1.165, 1.54) is 30.5 Å². The highest BCUT2D eigenvalue weighted by molar-refractivity contribution is 6.01. The summed E-state index contributed by atoms with van der Waals surface area (Å²) in [5, 5.41) is 13.8. The van der Waals surface area contributed by atoms with Crippen molar-refractivity contribution in [3.8, 4) is 11.1 Å². The first-order chi connectivity index (χ1) is 15.5. The smallest absolute Gasteiger partial charge is 0.416 e. The molecular formula is C22H19F3N4O4. The molecule has 3 rings (SSSR count). The number of aromatic nitrogens is 1. The Morgan fingerprint density at radius 1 is 1.00 bits per heavy atom. The Bertz CT molecular complexity index is 1190. The zero-order chi connectivity index (χ0) is 24.2. The third-order valence-corrected chi connectivity index (χ3v) is 4.70. The Balaban J connectivity index is 1.75. The van der Waals surface area contributed by atoms with E-state index < -0.39 is 29.6 Å². The Morgan fingerprint density at radius 2 is 1.67 bits per heavy atom. The van der Waals surface area contributed by atoms with Gasteiger partial charge in [0, 0.05) is 29.6 Å². The van der Waals surface area contributed by atoms with E-state index in [0.717, 1.165) is 12.1 Å². The van der Waals surface area contributed by atoms with Crippen LogP contribution in [0.25, 0.3) is 11.1 Å². The SMILES string of the molecule is NC(=O)c1[nH]cc(CCC(=O)O)c1-c1ccc(NC(=O)Nc2cccc(C(F)(F)F)c2)cc1. The number of nitrogens with two attached hydrogens (primary N) is 1. The lowest BCUT2D eigenvalue weighted by Gasteiger charge is -2.11. The van der Waals surface area contributed by atoms with Crippen molar-refractivity contribution < 1.29 is 32.7 Å². The fourth-order valence-corrected chi connectivity index (χ4v) is 3.21. The predicted molar refractivity (Wildman–Crippen MR) is 115 cm³/mol. The van der Waals surface area contributed by atoms with Crippen LogP contribution < -0.4 is 16.4 Å². The van der Waals surface area contributed by atoms with Crippen LogP contribution in [-0.2, 0) is 17.4 Å². The average molecular weight is 460 g/mol. The van der Waals surface area contributed by atoms with Crippen LogP contribution in [0.3, 0.4) is 0 Å². The maximum absolute atomic E-state index is 12.8. The number of H-pyrrole nitrogens is 1. The van der Waals surface area contributed by atoms with E-state index in [0.29, 0.717) is 22.4 Å². The van der Waals surface area contributed by atoms with Gasteiger partial charge in [0.25, 0.3) is 5.91 Å². The molecule has 0 unspecified atom stereocenters. The number of aryl methyl sites for hydroxylation is 1. The Kier molecular flexibility index (Phi) is 6.71. The monoisotopic (exact) mass is 460 g/mol. The van der Waals surface area contributed by atoms with Crippen LogP contribution in [0, 0.1) is 0 Å². The molecule has 8 nitrogen and oxygen atoms in total. The molecule has 2 aromatic carbocycles. The van der Waals surface area contributed by atoms with Crippen LogP contribution in [0.15, 0.2) is 54.7 Å². The number of carbonyl (C=O) groups is 3. The molecule has 0 bridgehead atoms. The number of benzene rings is 2. The van der Waals surface area contributed by atoms with E-state index in [-0.39, 0.29) is 24.2 Å². The second kappa shape index (κ2) is 9.47. The molecule has 11 heteroatoms. The number of primary amides is 1. The van der Waals surface area contributed by atoms with E-state index in [9.17, 15) is 27.6 Å².